The fourth-order valence-electron chi connectivity index (χ4n) is 8.37. The monoisotopic (exact) mass is 717 g/mol. The summed E-state index contributed by atoms with van der Waals surface area (Å²) in [5.74, 6) is 0.0520. The van der Waals surface area contributed by atoms with E-state index in [-0.39, 0.29) is 12.0 Å². The molecule has 0 aliphatic heterocycles. The van der Waals surface area contributed by atoms with E-state index in [1.807, 2.05) is 0 Å². The van der Waals surface area contributed by atoms with Crippen molar-refractivity contribution in [3.05, 3.63) is 236 Å². The highest BCUT2D eigenvalue weighted by Crippen LogP contribution is 2.46. The molecule has 266 valence electrons. The van der Waals surface area contributed by atoms with E-state index in [1.54, 1.807) is 0 Å². The number of para-hydroxylation sites is 2. The summed E-state index contributed by atoms with van der Waals surface area (Å²) in [7, 11) is 0. The molecular weight excluding hydrogens is 679 g/mol. The van der Waals surface area contributed by atoms with Gasteiger partial charge in [-0.15, -0.1) is 0 Å². The minimum atomic E-state index is -0.0499. The van der Waals surface area contributed by atoms with E-state index < -0.39 is 0 Å². The molecule has 2 heteroatoms. The van der Waals surface area contributed by atoms with Gasteiger partial charge in [0.1, 0.15) is 11.2 Å². The van der Waals surface area contributed by atoms with Crippen molar-refractivity contribution in [2.75, 3.05) is 4.90 Å². The van der Waals surface area contributed by atoms with Crippen molar-refractivity contribution in [3.8, 4) is 11.1 Å². The van der Waals surface area contributed by atoms with Crippen LogP contribution in [-0.4, -0.2) is 6.04 Å². The van der Waals surface area contributed by atoms with E-state index in [1.165, 1.54) is 32.9 Å². The summed E-state index contributed by atoms with van der Waals surface area (Å²) in [6.07, 6.45) is 7.16. The van der Waals surface area contributed by atoms with Gasteiger partial charge in [0.2, 0.25) is 0 Å². The molecule has 0 saturated carbocycles. The maximum atomic E-state index is 6.84. The van der Waals surface area contributed by atoms with Crippen molar-refractivity contribution < 1.29 is 4.42 Å². The van der Waals surface area contributed by atoms with Gasteiger partial charge in [-0.05, 0) is 68.6 Å². The maximum Gasteiger partial charge on any atom is 0.143 e. The van der Waals surface area contributed by atoms with Gasteiger partial charge in [0.05, 0.1) is 6.04 Å². The molecule has 0 radical (unpaired) electrons. The zero-order chi connectivity index (χ0) is 37.3. The number of allylic oxidation sites excluding steroid dienone is 2. The topological polar surface area (TPSA) is 16.4 Å². The zero-order valence-electron chi connectivity index (χ0n) is 30.9. The Labute approximate surface area is 327 Å². The standard InChI is InChI=1S/C54H39NO/c1-2-4-8-23-41-34-45(32-30-39(41)20-7-3-1)55(52-33-31-44(38-18-9-5-10-19-38)35-49(52)40-21-11-6-12-22-40)51-29-16-15-26-46(51)47-27-17-28-48-50-36-42-24-13-14-25-43(42)37-53(50)56-54(47)48/h1-37,49,52H. The molecule has 2 atom stereocenters. The molecule has 9 aromatic rings. The second kappa shape index (κ2) is 14.6. The van der Waals surface area contributed by atoms with E-state index >= 15 is 0 Å². The summed E-state index contributed by atoms with van der Waals surface area (Å²) in [5, 5.41) is 6.95. The smallest absolute Gasteiger partial charge is 0.143 e. The molecular formula is C54H39NO. The lowest BCUT2D eigenvalue weighted by Gasteiger charge is -2.39. The number of furan rings is 1. The van der Waals surface area contributed by atoms with Crippen LogP contribution in [0.1, 0.15) is 17.0 Å². The van der Waals surface area contributed by atoms with E-state index in [0.29, 0.717) is 0 Å². The minimum absolute atomic E-state index is 0.0499. The molecule has 10 rings (SSSR count). The highest BCUT2D eigenvalue weighted by atomic mass is 16.3. The van der Waals surface area contributed by atoms with Crippen molar-refractivity contribution in [2.24, 2.45) is 0 Å². The number of anilines is 2. The quantitative estimate of drug-likeness (QED) is 0.170. The number of nitrogens with zero attached hydrogens (tertiary/aromatic N) is 1. The molecule has 1 aromatic heterocycles. The Morgan fingerprint density at radius 3 is 1.86 bits per heavy atom. The highest BCUT2D eigenvalue weighted by molar-refractivity contribution is 6.14. The second-order valence-electron chi connectivity index (χ2n) is 14.4. The lowest BCUT2D eigenvalue weighted by Crippen LogP contribution is -2.36. The van der Waals surface area contributed by atoms with Gasteiger partial charge < -0.3 is 9.32 Å². The van der Waals surface area contributed by atoms with Crippen LogP contribution < -0.4 is 4.90 Å². The average molecular weight is 718 g/mol. The lowest BCUT2D eigenvalue weighted by molar-refractivity contribution is 0.670. The summed E-state index contributed by atoms with van der Waals surface area (Å²) in [4.78, 5) is 2.55. The third-order valence-electron chi connectivity index (χ3n) is 11.1. The predicted octanol–water partition coefficient (Wildman–Crippen LogP) is 14.6. The van der Waals surface area contributed by atoms with Crippen molar-refractivity contribution in [1.82, 2.24) is 0 Å². The van der Waals surface area contributed by atoms with Crippen molar-refractivity contribution in [3.63, 3.8) is 0 Å². The highest BCUT2D eigenvalue weighted by Gasteiger charge is 2.32. The molecule has 56 heavy (non-hydrogen) atoms. The number of hydrogen-bond donors (Lipinski definition) is 0. The van der Waals surface area contributed by atoms with E-state index in [0.717, 1.165) is 49.8 Å². The predicted molar refractivity (Wildman–Crippen MR) is 237 cm³/mol. The normalized spacial score (nSPS) is 15.2. The number of rotatable bonds is 6. The van der Waals surface area contributed by atoms with Crippen LogP contribution in [0.15, 0.2) is 229 Å². The lowest BCUT2D eigenvalue weighted by atomic mass is 9.82. The fraction of sp³-hybridized carbons (Fsp3) is 0.0370. The van der Waals surface area contributed by atoms with E-state index in [2.05, 4.69) is 229 Å². The molecule has 2 unspecified atom stereocenters. The molecule has 0 bridgehead atoms. The SMILES string of the molecule is C1=CC(N(c2ccc3ccccccccc3c2)c2ccccc2-c2cccc3c2oc2cc4ccccc4cc23)C(c2ccccc2)C=C1c1ccccc1. The third kappa shape index (κ3) is 6.22. The molecule has 1 aliphatic carbocycles. The Kier molecular flexibility index (Phi) is 8.70. The molecule has 0 fully saturated rings. The van der Waals surface area contributed by atoms with Crippen molar-refractivity contribution in [1.29, 1.82) is 0 Å². The second-order valence-corrected chi connectivity index (χ2v) is 14.4. The van der Waals surface area contributed by atoms with Crippen LogP contribution in [0.3, 0.4) is 0 Å². The Bertz CT molecular complexity index is 2990. The summed E-state index contributed by atoms with van der Waals surface area (Å²) in [5.41, 5.74) is 9.91. The van der Waals surface area contributed by atoms with Crippen LogP contribution in [0.4, 0.5) is 11.4 Å². The number of hydrogen-bond acceptors (Lipinski definition) is 2. The van der Waals surface area contributed by atoms with Gasteiger partial charge in [-0.1, -0.05) is 194 Å². The molecule has 2 nitrogen and oxygen atoms in total. The molecule has 0 spiro atoms. The van der Waals surface area contributed by atoms with Gasteiger partial charge in [0.25, 0.3) is 0 Å². The van der Waals surface area contributed by atoms with Gasteiger partial charge in [-0.3, -0.25) is 0 Å². The molecule has 0 N–H and O–H groups in total. The Morgan fingerprint density at radius 1 is 0.446 bits per heavy atom. The van der Waals surface area contributed by atoms with Crippen LogP contribution in [-0.2, 0) is 0 Å². The van der Waals surface area contributed by atoms with Crippen LogP contribution in [0.2, 0.25) is 0 Å². The third-order valence-corrected chi connectivity index (χ3v) is 11.1. The van der Waals surface area contributed by atoms with Crippen LogP contribution >= 0.6 is 0 Å². The first kappa shape index (κ1) is 33.4. The molecule has 0 amide bonds. The summed E-state index contributed by atoms with van der Waals surface area (Å²) in [6.45, 7) is 0. The molecule has 0 saturated heterocycles. The van der Waals surface area contributed by atoms with Crippen LogP contribution in [0, 0.1) is 0 Å². The molecule has 8 aromatic carbocycles. The molecule has 1 aliphatic rings. The van der Waals surface area contributed by atoms with Gasteiger partial charge in [-0.2, -0.15) is 0 Å². The molecule has 1 heterocycles. The van der Waals surface area contributed by atoms with Crippen molar-refractivity contribution in [2.45, 2.75) is 12.0 Å². The van der Waals surface area contributed by atoms with Gasteiger partial charge in [0.15, 0.2) is 0 Å². The van der Waals surface area contributed by atoms with Gasteiger partial charge in [-0.25, -0.2) is 0 Å². The average Bonchev–Trinajstić information content (AvgIpc) is 3.63. The van der Waals surface area contributed by atoms with Crippen molar-refractivity contribution >= 4 is 60.4 Å². The maximum absolute atomic E-state index is 6.84. The number of fused-ring (bicyclic) bond motifs is 5. The van der Waals surface area contributed by atoms with Crippen LogP contribution in [0.5, 0.6) is 0 Å². The van der Waals surface area contributed by atoms with Gasteiger partial charge in [0, 0.05) is 39.2 Å². The first-order valence-corrected chi connectivity index (χ1v) is 19.3. The van der Waals surface area contributed by atoms with E-state index in [9.17, 15) is 0 Å². The summed E-state index contributed by atoms with van der Waals surface area (Å²) < 4.78 is 6.84. The first-order chi connectivity index (χ1) is 27.8. The van der Waals surface area contributed by atoms with E-state index in [4.69, 9.17) is 4.42 Å². The Morgan fingerprint density at radius 2 is 1.05 bits per heavy atom. The summed E-state index contributed by atoms with van der Waals surface area (Å²) in [6, 6.07) is 73.7. The number of benzene rings is 7. The Balaban J connectivity index is 1.21. The van der Waals surface area contributed by atoms with Crippen LogP contribution in [0.25, 0.3) is 60.2 Å². The summed E-state index contributed by atoms with van der Waals surface area (Å²) >= 11 is 0. The first-order valence-electron chi connectivity index (χ1n) is 19.3. The Hall–Kier alpha value is -7.16. The fourth-order valence-corrected chi connectivity index (χ4v) is 8.37. The zero-order valence-corrected chi connectivity index (χ0v) is 30.9. The minimum Gasteiger partial charge on any atom is -0.455 e. The van der Waals surface area contributed by atoms with Gasteiger partial charge >= 0.3 is 0 Å². The largest absolute Gasteiger partial charge is 0.455 e.